The van der Waals surface area contributed by atoms with E-state index >= 15 is 0 Å². The molecule has 1 aliphatic carbocycles. The van der Waals surface area contributed by atoms with Gasteiger partial charge in [0.25, 0.3) is 0 Å². The van der Waals surface area contributed by atoms with E-state index in [2.05, 4.69) is 80.6 Å². The minimum Gasteiger partial charge on any atom is -0.361 e. The topological polar surface area (TPSA) is 69.7 Å². The fourth-order valence-corrected chi connectivity index (χ4v) is 7.44. The van der Waals surface area contributed by atoms with Gasteiger partial charge in [0.1, 0.15) is 19.3 Å². The molecule has 0 bridgehead atoms. The first-order valence-electron chi connectivity index (χ1n) is 16.9. The van der Waals surface area contributed by atoms with Crippen molar-refractivity contribution in [2.24, 2.45) is 5.92 Å². The first kappa shape index (κ1) is 33.6. The van der Waals surface area contributed by atoms with E-state index in [1.54, 1.807) is 0 Å². The maximum Gasteiger partial charge on any atom is 0.165 e. The average Bonchev–Trinajstić information content (AvgIpc) is 3.67. The molecule has 1 saturated carbocycles. The molecule has 0 spiro atoms. The van der Waals surface area contributed by atoms with Crippen molar-refractivity contribution in [3.63, 3.8) is 0 Å². The fraction of sp³-hybridized carbons (Fsp3) is 0.571. The Hall–Kier alpha value is -2.80. The summed E-state index contributed by atoms with van der Waals surface area (Å²) < 4.78 is 16.6. The van der Waals surface area contributed by atoms with Crippen LogP contribution in [0, 0.1) is 5.92 Å². The molecule has 0 radical (unpaired) electrons. The third-order valence-electron chi connectivity index (χ3n) is 9.04. The molecule has 0 unspecified atom stereocenters. The van der Waals surface area contributed by atoms with Crippen molar-refractivity contribution in [2.45, 2.75) is 96.3 Å². The summed E-state index contributed by atoms with van der Waals surface area (Å²) >= 11 is 0. The molecular formula is C35H54N6O2Si2. The van der Waals surface area contributed by atoms with Crippen LogP contribution in [0.15, 0.2) is 55.0 Å². The molecule has 1 aromatic carbocycles. The Bertz CT molecular complexity index is 1480. The second-order valence-electron chi connectivity index (χ2n) is 15.2. The van der Waals surface area contributed by atoms with E-state index in [-0.39, 0.29) is 0 Å². The zero-order valence-electron chi connectivity index (χ0n) is 28.6. The van der Waals surface area contributed by atoms with E-state index in [1.807, 2.05) is 39.8 Å². The molecule has 244 valence electrons. The van der Waals surface area contributed by atoms with E-state index in [4.69, 9.17) is 19.6 Å². The summed E-state index contributed by atoms with van der Waals surface area (Å²) in [6.07, 6.45) is 12.1. The number of para-hydroxylation sites is 1. The summed E-state index contributed by atoms with van der Waals surface area (Å²) in [4.78, 5) is 7.55. The highest BCUT2D eigenvalue weighted by Gasteiger charge is 2.26. The molecule has 0 atom stereocenters. The Morgan fingerprint density at radius 1 is 0.844 bits per heavy atom. The number of benzene rings is 1. The number of hydrogen-bond donors (Lipinski definition) is 0. The van der Waals surface area contributed by atoms with Gasteiger partial charge >= 0.3 is 0 Å². The molecule has 4 aromatic rings. The largest absolute Gasteiger partial charge is 0.361 e. The average molecular weight is 647 g/mol. The lowest BCUT2D eigenvalue weighted by Gasteiger charge is -2.30. The Balaban J connectivity index is 1.51. The molecule has 1 aliphatic rings. The Labute approximate surface area is 272 Å². The van der Waals surface area contributed by atoms with Crippen LogP contribution in [0.4, 0.5) is 5.82 Å². The van der Waals surface area contributed by atoms with E-state index in [9.17, 15) is 0 Å². The van der Waals surface area contributed by atoms with Crippen molar-refractivity contribution in [1.82, 2.24) is 24.4 Å². The number of aromatic nitrogens is 5. The molecule has 0 amide bonds. The number of rotatable bonds is 15. The van der Waals surface area contributed by atoms with Crippen molar-refractivity contribution in [3.8, 4) is 16.8 Å². The van der Waals surface area contributed by atoms with Crippen LogP contribution in [0.1, 0.15) is 50.6 Å². The lowest BCUT2D eigenvalue weighted by molar-refractivity contribution is 0.0942. The van der Waals surface area contributed by atoms with Crippen LogP contribution < -0.4 is 4.90 Å². The summed E-state index contributed by atoms with van der Waals surface area (Å²) in [7, 11) is -2.41. The van der Waals surface area contributed by atoms with Gasteiger partial charge < -0.3 is 14.4 Å². The molecule has 3 heterocycles. The summed E-state index contributed by atoms with van der Waals surface area (Å²) in [5.74, 6) is 2.25. The first-order chi connectivity index (χ1) is 21.5. The van der Waals surface area contributed by atoms with Crippen molar-refractivity contribution >= 4 is 27.6 Å². The van der Waals surface area contributed by atoms with Crippen molar-refractivity contribution in [3.05, 3.63) is 60.7 Å². The Morgan fingerprint density at radius 3 is 2.09 bits per heavy atom. The van der Waals surface area contributed by atoms with Gasteiger partial charge in [-0.1, -0.05) is 70.8 Å². The Kier molecular flexibility index (Phi) is 11.0. The minimum absolute atomic E-state index is 0.439. The summed E-state index contributed by atoms with van der Waals surface area (Å²) in [6, 6.07) is 14.7. The van der Waals surface area contributed by atoms with E-state index in [0.29, 0.717) is 19.4 Å². The third-order valence-corrected chi connectivity index (χ3v) is 12.4. The number of anilines is 1. The molecule has 3 aromatic heterocycles. The Morgan fingerprint density at radius 2 is 1.49 bits per heavy atom. The SMILES string of the molecule is CC[C@H]1CC[C@H](c2cc(N(COCC[Si](C)(C)C)COCC[Si](C)(C)C)n3ncc(-c4cnn(-c5ccccc5)c4)c3n2)CC1. The van der Waals surface area contributed by atoms with E-state index in [1.165, 1.54) is 32.1 Å². The fourth-order valence-electron chi connectivity index (χ4n) is 5.93. The van der Waals surface area contributed by atoms with Gasteiger partial charge in [0.15, 0.2) is 5.65 Å². The molecule has 0 N–H and O–H groups in total. The summed E-state index contributed by atoms with van der Waals surface area (Å²) in [5, 5.41) is 9.61. The van der Waals surface area contributed by atoms with Crippen molar-refractivity contribution in [1.29, 1.82) is 0 Å². The first-order valence-corrected chi connectivity index (χ1v) is 24.3. The molecule has 8 nitrogen and oxygen atoms in total. The zero-order chi connectivity index (χ0) is 32.0. The lowest BCUT2D eigenvalue weighted by atomic mass is 9.79. The molecule has 10 heteroatoms. The number of ether oxygens (including phenoxy) is 2. The third kappa shape index (κ3) is 9.15. The highest BCUT2D eigenvalue weighted by Crippen LogP contribution is 2.38. The molecule has 1 fully saturated rings. The minimum atomic E-state index is -1.21. The molecule has 0 aliphatic heterocycles. The van der Waals surface area contributed by atoms with Gasteiger partial charge in [-0.15, -0.1) is 0 Å². The van der Waals surface area contributed by atoms with Crippen LogP contribution in [-0.4, -0.2) is 67.2 Å². The zero-order valence-corrected chi connectivity index (χ0v) is 30.6. The second-order valence-corrected chi connectivity index (χ2v) is 26.4. The lowest BCUT2D eigenvalue weighted by Crippen LogP contribution is -2.33. The number of nitrogens with zero attached hydrogens (tertiary/aromatic N) is 6. The maximum absolute atomic E-state index is 6.35. The number of hydrogen-bond acceptors (Lipinski definition) is 6. The highest BCUT2D eigenvalue weighted by molar-refractivity contribution is 6.76. The molecule has 45 heavy (non-hydrogen) atoms. The van der Waals surface area contributed by atoms with Crippen LogP contribution in [-0.2, 0) is 9.47 Å². The monoisotopic (exact) mass is 646 g/mol. The molecular weight excluding hydrogens is 593 g/mol. The summed E-state index contributed by atoms with van der Waals surface area (Å²) in [6.45, 7) is 19.1. The van der Waals surface area contributed by atoms with Crippen LogP contribution >= 0.6 is 0 Å². The maximum atomic E-state index is 6.35. The van der Waals surface area contributed by atoms with Crippen LogP contribution in [0.5, 0.6) is 0 Å². The van der Waals surface area contributed by atoms with Crippen LogP contribution in [0.2, 0.25) is 51.4 Å². The van der Waals surface area contributed by atoms with E-state index < -0.39 is 16.1 Å². The highest BCUT2D eigenvalue weighted by atomic mass is 28.3. The normalized spacial score (nSPS) is 17.7. The van der Waals surface area contributed by atoms with Crippen LogP contribution in [0.3, 0.4) is 0 Å². The molecule has 5 rings (SSSR count). The molecule has 0 saturated heterocycles. The second kappa shape index (κ2) is 14.7. The predicted molar refractivity (Wildman–Crippen MR) is 191 cm³/mol. The van der Waals surface area contributed by atoms with Crippen molar-refractivity contribution in [2.75, 3.05) is 31.6 Å². The number of fused-ring (bicyclic) bond motifs is 1. The summed E-state index contributed by atoms with van der Waals surface area (Å²) in [5.41, 5.74) is 5.03. The van der Waals surface area contributed by atoms with Gasteiger partial charge in [-0.25, -0.2) is 9.67 Å². The standard InChI is InChI=1S/C35H54N6O2Si2/c1-8-28-14-16-29(17-15-28)33-22-34(39(26-42-18-20-44(2,3)4)27-43-19-21-45(5,6)7)41-35(38-33)32(24-37-41)30-23-36-40(25-30)31-12-10-9-11-13-31/h9-13,22-25,28-29H,8,14-21,26-27H2,1-7H3/t28-,29-. The van der Waals surface area contributed by atoms with Crippen molar-refractivity contribution < 1.29 is 9.47 Å². The van der Waals surface area contributed by atoms with Crippen LogP contribution in [0.25, 0.3) is 22.5 Å². The van der Waals surface area contributed by atoms with Gasteiger partial charge in [0.05, 0.1) is 18.1 Å². The smallest absolute Gasteiger partial charge is 0.165 e. The van der Waals surface area contributed by atoms with E-state index in [0.717, 1.165) is 65.2 Å². The quantitative estimate of drug-likeness (QED) is 0.0731. The van der Waals surface area contributed by atoms with Gasteiger partial charge in [0.2, 0.25) is 0 Å². The predicted octanol–water partition coefficient (Wildman–Crippen LogP) is 8.70. The van der Waals surface area contributed by atoms with Gasteiger partial charge in [-0.3, -0.25) is 0 Å². The van der Waals surface area contributed by atoms with Gasteiger partial charge in [-0.05, 0) is 55.8 Å². The van der Waals surface area contributed by atoms with Gasteiger partial charge in [-0.2, -0.15) is 14.7 Å². The van der Waals surface area contributed by atoms with Gasteiger partial charge in [0, 0.05) is 64.4 Å².